The molecule has 0 saturated carbocycles. The summed E-state index contributed by atoms with van der Waals surface area (Å²) in [6.45, 7) is 7.96. The van der Waals surface area contributed by atoms with E-state index in [0.717, 1.165) is 45.6 Å². The molecular weight excluding hydrogens is 468 g/mol. The van der Waals surface area contributed by atoms with Gasteiger partial charge in [0.05, 0.1) is 7.11 Å². The van der Waals surface area contributed by atoms with Crippen molar-refractivity contribution in [2.75, 3.05) is 7.11 Å². The second-order valence-corrected chi connectivity index (χ2v) is 6.03. The van der Waals surface area contributed by atoms with Crippen LogP contribution in [0.25, 0.3) is 5.57 Å². The first-order valence-corrected chi connectivity index (χ1v) is 7.86. The third kappa shape index (κ3) is 3.12. The number of carbonyl (C=O) groups is 1. The molecule has 0 fully saturated rings. The fourth-order valence-corrected chi connectivity index (χ4v) is 3.47. The summed E-state index contributed by atoms with van der Waals surface area (Å²) in [6.07, 6.45) is 1.48. The number of rotatable bonds is 4. The van der Waals surface area contributed by atoms with Crippen LogP contribution in [0.1, 0.15) is 39.0 Å². The monoisotopic (exact) mass is 489 g/mol. The third-order valence-corrected chi connectivity index (χ3v) is 4.50. The van der Waals surface area contributed by atoms with Crippen LogP contribution in [0, 0.1) is 20.8 Å². The Labute approximate surface area is 158 Å². The zero-order valence-corrected chi connectivity index (χ0v) is 17.2. The summed E-state index contributed by atoms with van der Waals surface area (Å²) in [5.41, 5.74) is 6.93. The maximum absolute atomic E-state index is 13.2. The minimum atomic E-state index is 0. The predicted octanol–water partition coefficient (Wildman–Crippen LogP) is 4.73. The van der Waals surface area contributed by atoms with Crippen molar-refractivity contribution in [2.24, 2.45) is 0 Å². The fourth-order valence-electron chi connectivity index (χ4n) is 3.47. The maximum atomic E-state index is 13.2. The summed E-state index contributed by atoms with van der Waals surface area (Å²) >= 11 is 0. The molecule has 0 aromatic heterocycles. The Hall–Kier alpha value is -1.66. The zero-order chi connectivity index (χ0) is 16.6. The molecule has 0 unspecified atom stereocenters. The zero-order valence-electron chi connectivity index (χ0n) is 14.3. The molecular formula is C21H21O2W+. The maximum Gasteiger partial charge on any atom is 2.00 e. The van der Waals surface area contributed by atoms with Crippen LogP contribution in [-0.2, 0) is 27.5 Å². The molecule has 0 bridgehead atoms. The number of methoxy groups -OCH3 is 1. The van der Waals surface area contributed by atoms with Gasteiger partial charge in [-0.1, -0.05) is 29.8 Å². The molecule has 2 nitrogen and oxygen atoms in total. The van der Waals surface area contributed by atoms with Gasteiger partial charge in [0.25, 0.3) is 0 Å². The molecule has 122 valence electrons. The van der Waals surface area contributed by atoms with Gasteiger partial charge in [0.2, 0.25) is 0 Å². The normalized spacial score (nSPS) is 12.7. The van der Waals surface area contributed by atoms with E-state index in [4.69, 9.17) is 4.74 Å². The van der Waals surface area contributed by atoms with Crippen LogP contribution in [0.5, 0.6) is 5.75 Å². The van der Waals surface area contributed by atoms with Crippen LogP contribution in [0.3, 0.4) is 0 Å². The van der Waals surface area contributed by atoms with E-state index in [1.54, 1.807) is 7.11 Å². The summed E-state index contributed by atoms with van der Waals surface area (Å²) in [7, 11) is 1.66. The van der Waals surface area contributed by atoms with Gasteiger partial charge in [0.1, 0.15) is 5.75 Å². The molecule has 2 aromatic rings. The van der Waals surface area contributed by atoms with E-state index in [2.05, 4.69) is 13.0 Å². The van der Waals surface area contributed by atoms with E-state index in [0.29, 0.717) is 6.42 Å². The quantitative estimate of drug-likeness (QED) is 0.459. The molecule has 1 aliphatic rings. The number of carbonyl (C=O) groups excluding carboxylic acids is 1. The molecule has 0 spiro atoms. The van der Waals surface area contributed by atoms with Crippen LogP contribution in [0.15, 0.2) is 42.0 Å². The van der Waals surface area contributed by atoms with Gasteiger partial charge >= 0.3 is 21.1 Å². The summed E-state index contributed by atoms with van der Waals surface area (Å²) in [5.74, 6) is 0.933. The number of benzene rings is 2. The second kappa shape index (κ2) is 7.49. The minimum absolute atomic E-state index is 0. The average molecular weight is 489 g/mol. The Kier molecular flexibility index (Phi) is 5.82. The third-order valence-electron chi connectivity index (χ3n) is 4.50. The topological polar surface area (TPSA) is 26.3 Å². The molecule has 0 atom stereocenters. The van der Waals surface area contributed by atoms with Crippen molar-refractivity contribution >= 4 is 11.4 Å². The van der Waals surface area contributed by atoms with Gasteiger partial charge in [-0.25, -0.2) is 0 Å². The standard InChI is InChI=1S/C21H21O2.W/c1-5-15-12-16-8-6-7-9-18(16)19(15)20(22)17-10-13(2)21(23-4)14(3)11-17;/h6-11H,1,5,12H2,2-4H3;/q-1;+2. The Morgan fingerprint density at radius 1 is 1.17 bits per heavy atom. The van der Waals surface area contributed by atoms with Gasteiger partial charge in [-0.3, -0.25) is 4.79 Å². The number of fused-ring (bicyclic) bond motifs is 1. The summed E-state index contributed by atoms with van der Waals surface area (Å²) < 4.78 is 5.40. The molecule has 3 rings (SSSR count). The van der Waals surface area contributed by atoms with Gasteiger partial charge in [-0.15, -0.1) is 0 Å². The van der Waals surface area contributed by atoms with Crippen LogP contribution < -0.4 is 4.74 Å². The SMILES string of the molecule is [CH2-]CC1=C(C(=O)c2cc(C)c(OC)c(C)c2)c2ccccc2C1.[W+2]. The predicted molar refractivity (Wildman–Crippen MR) is 93.8 cm³/mol. The van der Waals surface area contributed by atoms with Crippen molar-refractivity contribution in [1.82, 2.24) is 0 Å². The molecule has 0 N–H and O–H groups in total. The number of ether oxygens (including phenoxy) is 1. The molecule has 0 saturated heterocycles. The van der Waals surface area contributed by atoms with E-state index < -0.39 is 0 Å². The molecule has 1 aliphatic carbocycles. The van der Waals surface area contributed by atoms with Crippen molar-refractivity contribution in [3.63, 3.8) is 0 Å². The summed E-state index contributed by atoms with van der Waals surface area (Å²) in [4.78, 5) is 13.2. The van der Waals surface area contributed by atoms with Crippen LogP contribution in [-0.4, -0.2) is 12.9 Å². The Morgan fingerprint density at radius 2 is 1.79 bits per heavy atom. The number of hydrogen-bond donors (Lipinski definition) is 0. The number of Topliss-reactive ketones (excluding diaryl/α,β-unsaturated/α-hetero) is 1. The first kappa shape index (κ1) is 18.7. The van der Waals surface area contributed by atoms with E-state index in [-0.39, 0.29) is 26.8 Å². The number of hydrogen-bond acceptors (Lipinski definition) is 2. The van der Waals surface area contributed by atoms with Crippen LogP contribution in [0.4, 0.5) is 0 Å². The molecule has 3 heteroatoms. The van der Waals surface area contributed by atoms with Crippen molar-refractivity contribution in [2.45, 2.75) is 26.7 Å². The number of ketones is 1. The molecule has 0 aliphatic heterocycles. The van der Waals surface area contributed by atoms with Gasteiger partial charge in [0.15, 0.2) is 5.78 Å². The second-order valence-electron chi connectivity index (χ2n) is 6.03. The van der Waals surface area contributed by atoms with Gasteiger partial charge < -0.3 is 11.7 Å². The van der Waals surface area contributed by atoms with Crippen molar-refractivity contribution in [3.8, 4) is 5.75 Å². The largest absolute Gasteiger partial charge is 2.00 e. The molecule has 0 heterocycles. The molecule has 0 amide bonds. The van der Waals surface area contributed by atoms with Gasteiger partial charge in [-0.2, -0.15) is 6.42 Å². The van der Waals surface area contributed by atoms with Crippen molar-refractivity contribution in [1.29, 1.82) is 0 Å². The van der Waals surface area contributed by atoms with E-state index in [9.17, 15) is 4.79 Å². The number of aryl methyl sites for hydroxylation is 2. The molecule has 0 radical (unpaired) electrons. The first-order valence-electron chi connectivity index (χ1n) is 7.86. The molecule has 24 heavy (non-hydrogen) atoms. The van der Waals surface area contributed by atoms with E-state index in [1.165, 1.54) is 5.56 Å². The van der Waals surface area contributed by atoms with E-state index >= 15 is 0 Å². The van der Waals surface area contributed by atoms with E-state index in [1.807, 2.05) is 44.2 Å². The Balaban J connectivity index is 0.00000208. The Morgan fingerprint density at radius 3 is 2.38 bits per heavy atom. The fraction of sp³-hybridized carbons (Fsp3) is 0.238. The minimum Gasteiger partial charge on any atom is -0.496 e. The van der Waals surface area contributed by atoms with Crippen molar-refractivity contribution in [3.05, 3.63) is 76.7 Å². The summed E-state index contributed by atoms with van der Waals surface area (Å²) in [6, 6.07) is 12.0. The number of allylic oxidation sites excluding steroid dienone is 2. The molecule has 2 aromatic carbocycles. The first-order chi connectivity index (χ1) is 11.1. The van der Waals surface area contributed by atoms with Gasteiger partial charge in [-0.05, 0) is 54.7 Å². The van der Waals surface area contributed by atoms with Crippen LogP contribution in [0.2, 0.25) is 0 Å². The average Bonchev–Trinajstić information content (AvgIpc) is 2.92. The van der Waals surface area contributed by atoms with Crippen LogP contribution >= 0.6 is 0 Å². The summed E-state index contributed by atoms with van der Waals surface area (Å²) in [5, 5.41) is 0. The van der Waals surface area contributed by atoms with Gasteiger partial charge in [0, 0.05) is 11.1 Å². The smallest absolute Gasteiger partial charge is 0.496 e. The Bertz CT molecular complexity index is 795. The van der Waals surface area contributed by atoms with Crippen molar-refractivity contribution < 1.29 is 30.6 Å².